The highest BCUT2D eigenvalue weighted by atomic mass is 19.1. The topological polar surface area (TPSA) is 108 Å². The van der Waals surface area contributed by atoms with Crippen LogP contribution in [0.1, 0.15) is 35.7 Å². The molecule has 1 heterocycles. The highest BCUT2D eigenvalue weighted by Gasteiger charge is 2.33. The van der Waals surface area contributed by atoms with E-state index >= 15 is 0 Å². The molecule has 0 spiro atoms. The summed E-state index contributed by atoms with van der Waals surface area (Å²) in [6.45, 7) is 3.32. The zero-order valence-corrected chi connectivity index (χ0v) is 18.1. The molecule has 1 aliphatic rings. The third-order valence-corrected chi connectivity index (χ3v) is 4.81. The molecule has 2 aromatic rings. The van der Waals surface area contributed by atoms with E-state index in [4.69, 9.17) is 9.47 Å². The van der Waals surface area contributed by atoms with E-state index in [9.17, 15) is 24.2 Å². The third-order valence-electron chi connectivity index (χ3n) is 4.81. The van der Waals surface area contributed by atoms with Gasteiger partial charge in [-0.25, -0.2) is 9.18 Å². The molecule has 1 atom stereocenters. The molecule has 0 radical (unpaired) electrons. The number of hydrogen-bond donors (Lipinski definition) is 3. The molecule has 1 aliphatic heterocycles. The molecule has 1 fully saturated rings. The fraction of sp³-hybridized carbons (Fsp3) is 0.333. The molecule has 9 heteroatoms. The van der Waals surface area contributed by atoms with Gasteiger partial charge in [-0.2, -0.15) is 0 Å². The van der Waals surface area contributed by atoms with E-state index < -0.39 is 29.7 Å². The molecule has 0 aliphatic carbocycles. The quantitative estimate of drug-likeness (QED) is 0.320. The summed E-state index contributed by atoms with van der Waals surface area (Å²) in [5.41, 5.74) is 0.691. The average Bonchev–Trinajstić information content (AvgIpc) is 3.17. The second kappa shape index (κ2) is 11.2. The second-order valence-electron chi connectivity index (χ2n) is 7.36. The van der Waals surface area contributed by atoms with E-state index in [1.54, 1.807) is 6.07 Å². The van der Waals surface area contributed by atoms with Crippen LogP contribution in [0.15, 0.2) is 36.4 Å². The van der Waals surface area contributed by atoms with E-state index in [0.717, 1.165) is 12.5 Å². The zero-order chi connectivity index (χ0) is 23.8. The molecule has 2 amide bonds. The summed E-state index contributed by atoms with van der Waals surface area (Å²) in [5.74, 6) is 3.82. The lowest BCUT2D eigenvalue weighted by Crippen LogP contribution is -2.34. The lowest BCUT2D eigenvalue weighted by molar-refractivity contribution is 0.0915. The van der Waals surface area contributed by atoms with Gasteiger partial charge in [0.15, 0.2) is 11.5 Å². The number of hydrogen-bond acceptors (Lipinski definition) is 6. The number of cyclic esters (lactones) is 1. The summed E-state index contributed by atoms with van der Waals surface area (Å²) in [7, 11) is 0. The number of phenols is 2. The maximum Gasteiger partial charge on any atom is 0.414 e. The Morgan fingerprint density at radius 2 is 2.06 bits per heavy atom. The van der Waals surface area contributed by atoms with Crippen molar-refractivity contribution in [2.45, 2.75) is 25.9 Å². The molecule has 0 bridgehead atoms. The Hall–Kier alpha value is -3.77. The summed E-state index contributed by atoms with van der Waals surface area (Å²) in [4.78, 5) is 25.7. The Balaban J connectivity index is 1.55. The molecular formula is C24H25FN2O6. The van der Waals surface area contributed by atoms with Gasteiger partial charge in [-0.05, 0) is 42.8 Å². The Bertz CT molecular complexity index is 1080. The third kappa shape index (κ3) is 6.37. The molecule has 3 rings (SSSR count). The van der Waals surface area contributed by atoms with Crippen LogP contribution in [-0.4, -0.2) is 54.6 Å². The van der Waals surface area contributed by atoms with Crippen molar-refractivity contribution in [3.63, 3.8) is 0 Å². The lowest BCUT2D eigenvalue weighted by atomic mass is 10.1. The number of ether oxygens (including phenoxy) is 2. The molecule has 1 saturated heterocycles. The first-order valence-electron chi connectivity index (χ1n) is 10.5. The van der Waals surface area contributed by atoms with Crippen molar-refractivity contribution in [3.05, 3.63) is 53.3 Å². The van der Waals surface area contributed by atoms with Crippen LogP contribution in [-0.2, 0) is 9.47 Å². The van der Waals surface area contributed by atoms with Crippen molar-refractivity contribution in [1.29, 1.82) is 0 Å². The van der Waals surface area contributed by atoms with Crippen molar-refractivity contribution in [1.82, 2.24) is 5.32 Å². The summed E-state index contributed by atoms with van der Waals surface area (Å²) in [6.07, 6.45) is 0.135. The monoisotopic (exact) mass is 456 g/mol. The van der Waals surface area contributed by atoms with Crippen molar-refractivity contribution in [2.24, 2.45) is 0 Å². The van der Waals surface area contributed by atoms with Crippen molar-refractivity contribution in [3.8, 4) is 23.3 Å². The number of aromatic hydroxyl groups is 2. The molecule has 33 heavy (non-hydrogen) atoms. The van der Waals surface area contributed by atoms with E-state index in [1.807, 2.05) is 6.92 Å². The minimum atomic E-state index is -0.650. The Morgan fingerprint density at radius 3 is 2.79 bits per heavy atom. The van der Waals surface area contributed by atoms with Gasteiger partial charge in [0.05, 0.1) is 30.9 Å². The van der Waals surface area contributed by atoms with Crippen LogP contribution in [0, 0.1) is 17.7 Å². The Kier molecular flexibility index (Phi) is 8.11. The fourth-order valence-electron chi connectivity index (χ4n) is 3.11. The first-order valence-corrected chi connectivity index (χ1v) is 10.5. The molecular weight excluding hydrogens is 431 g/mol. The Labute approximate surface area is 190 Å². The number of nitrogens with one attached hydrogen (secondary N) is 1. The number of anilines is 1. The van der Waals surface area contributed by atoms with Crippen LogP contribution in [0.3, 0.4) is 0 Å². The number of rotatable bonds is 8. The van der Waals surface area contributed by atoms with Gasteiger partial charge in [-0.1, -0.05) is 18.8 Å². The lowest BCUT2D eigenvalue weighted by Gasteiger charge is -2.13. The molecule has 0 saturated carbocycles. The number of phenolic OH excluding ortho intramolecular Hbond substituents is 2. The minimum absolute atomic E-state index is 0.0227. The normalized spacial score (nSPS) is 15.0. The first kappa shape index (κ1) is 23.9. The maximum atomic E-state index is 14.5. The molecule has 3 N–H and O–H groups in total. The molecule has 0 aromatic heterocycles. The van der Waals surface area contributed by atoms with Crippen LogP contribution in [0.5, 0.6) is 11.5 Å². The maximum absolute atomic E-state index is 14.5. The van der Waals surface area contributed by atoms with Crippen LogP contribution in [0.2, 0.25) is 0 Å². The van der Waals surface area contributed by atoms with E-state index in [1.165, 1.54) is 29.2 Å². The Morgan fingerprint density at radius 1 is 1.24 bits per heavy atom. The number of carbonyl (C=O) groups excluding carboxylic acids is 2. The second-order valence-corrected chi connectivity index (χ2v) is 7.36. The molecule has 0 unspecified atom stereocenters. The summed E-state index contributed by atoms with van der Waals surface area (Å²) in [6, 6.07) is 7.99. The van der Waals surface area contributed by atoms with Gasteiger partial charge >= 0.3 is 6.09 Å². The average molecular weight is 456 g/mol. The molecule has 2 aromatic carbocycles. The van der Waals surface area contributed by atoms with Gasteiger partial charge in [-0.15, -0.1) is 0 Å². The van der Waals surface area contributed by atoms with E-state index in [-0.39, 0.29) is 30.0 Å². The number of benzene rings is 2. The van der Waals surface area contributed by atoms with E-state index in [0.29, 0.717) is 25.3 Å². The van der Waals surface area contributed by atoms with Gasteiger partial charge in [0.25, 0.3) is 5.91 Å². The largest absolute Gasteiger partial charge is 0.504 e. The van der Waals surface area contributed by atoms with Crippen LogP contribution >= 0.6 is 0 Å². The van der Waals surface area contributed by atoms with Gasteiger partial charge < -0.3 is 25.0 Å². The van der Waals surface area contributed by atoms with Crippen molar-refractivity contribution < 1.29 is 33.7 Å². The zero-order valence-electron chi connectivity index (χ0n) is 18.1. The number of halogens is 1. The summed E-state index contributed by atoms with van der Waals surface area (Å²) in [5, 5.41) is 21.4. The highest BCUT2D eigenvalue weighted by molar-refractivity contribution is 5.95. The van der Waals surface area contributed by atoms with E-state index in [2.05, 4.69) is 17.2 Å². The van der Waals surface area contributed by atoms with Crippen LogP contribution in [0.4, 0.5) is 14.9 Å². The summed E-state index contributed by atoms with van der Waals surface area (Å²) >= 11 is 0. The predicted octanol–water partition coefficient (Wildman–Crippen LogP) is 3.16. The van der Waals surface area contributed by atoms with Gasteiger partial charge in [0.1, 0.15) is 11.9 Å². The number of amides is 2. The van der Waals surface area contributed by atoms with Crippen LogP contribution < -0.4 is 10.2 Å². The molecule has 8 nitrogen and oxygen atoms in total. The smallest absolute Gasteiger partial charge is 0.414 e. The number of carbonyl (C=O) groups is 2. The van der Waals surface area contributed by atoms with Crippen molar-refractivity contribution >= 4 is 17.7 Å². The van der Waals surface area contributed by atoms with Crippen LogP contribution in [0.25, 0.3) is 0 Å². The standard InChI is InChI=1S/C24H25FN2O6/c1-2-10-32-11-4-3-5-16-6-8-18(13-20(16)25)27-15-19(33-24(27)31)14-26-23(30)17-7-9-21(28)22(29)12-17/h6-9,12-13,19,28-29H,2,4,10-11,14-15H2,1H3,(H,26,30)/t19-/m0/s1. The predicted molar refractivity (Wildman–Crippen MR) is 119 cm³/mol. The SMILES string of the molecule is CCCOCCC#Cc1ccc(N2C[C@H](CNC(=O)c3ccc(O)c(O)c3)OC2=O)cc1F. The molecule has 174 valence electrons. The van der Waals surface area contributed by atoms with Gasteiger partial charge in [0, 0.05) is 18.6 Å². The number of nitrogens with zero attached hydrogens (tertiary/aromatic N) is 1. The highest BCUT2D eigenvalue weighted by Crippen LogP contribution is 2.25. The summed E-state index contributed by atoms with van der Waals surface area (Å²) < 4.78 is 25.0. The fourth-order valence-corrected chi connectivity index (χ4v) is 3.11. The van der Waals surface area contributed by atoms with Crippen molar-refractivity contribution in [2.75, 3.05) is 31.2 Å². The van der Waals surface area contributed by atoms with Gasteiger partial charge in [-0.3, -0.25) is 9.69 Å². The minimum Gasteiger partial charge on any atom is -0.504 e. The van der Waals surface area contributed by atoms with Gasteiger partial charge in [0.2, 0.25) is 0 Å². The first-order chi connectivity index (χ1) is 15.9.